The van der Waals surface area contributed by atoms with Crippen LogP contribution in [0.15, 0.2) is 29.3 Å². The SMILES string of the molecule is CN=C(NCc1cccc(C(F)(F)F)c1)NCC(C)(C)CN(C)C. The highest BCUT2D eigenvalue weighted by atomic mass is 19.4. The van der Waals surface area contributed by atoms with Gasteiger partial charge in [-0.25, -0.2) is 0 Å². The summed E-state index contributed by atoms with van der Waals surface area (Å²) in [4.78, 5) is 6.23. The third-order valence-electron chi connectivity index (χ3n) is 3.42. The summed E-state index contributed by atoms with van der Waals surface area (Å²) in [6, 6.07) is 5.29. The van der Waals surface area contributed by atoms with E-state index in [4.69, 9.17) is 0 Å². The van der Waals surface area contributed by atoms with E-state index in [2.05, 4.69) is 34.4 Å². The second-order valence-corrected chi connectivity index (χ2v) is 6.88. The quantitative estimate of drug-likeness (QED) is 0.616. The Balaban J connectivity index is 2.59. The van der Waals surface area contributed by atoms with Gasteiger partial charge in [0.1, 0.15) is 0 Å². The summed E-state index contributed by atoms with van der Waals surface area (Å²) in [6.45, 7) is 6.16. The van der Waals surface area contributed by atoms with Crippen molar-refractivity contribution in [3.63, 3.8) is 0 Å². The lowest BCUT2D eigenvalue weighted by molar-refractivity contribution is -0.137. The summed E-state index contributed by atoms with van der Waals surface area (Å²) in [6.07, 6.45) is -4.33. The molecule has 0 aliphatic rings. The van der Waals surface area contributed by atoms with E-state index in [1.165, 1.54) is 6.07 Å². The van der Waals surface area contributed by atoms with E-state index >= 15 is 0 Å². The highest BCUT2D eigenvalue weighted by molar-refractivity contribution is 5.79. The average molecular weight is 344 g/mol. The number of rotatable bonds is 6. The van der Waals surface area contributed by atoms with E-state index in [1.54, 1.807) is 13.1 Å². The van der Waals surface area contributed by atoms with Crippen LogP contribution >= 0.6 is 0 Å². The number of guanidine groups is 1. The minimum atomic E-state index is -4.33. The molecule has 0 fully saturated rings. The summed E-state index contributed by atoms with van der Waals surface area (Å²) < 4.78 is 38.2. The minimum absolute atomic E-state index is 0.0390. The molecule has 0 radical (unpaired) electrons. The first-order chi connectivity index (χ1) is 11.0. The van der Waals surface area contributed by atoms with Gasteiger partial charge in [-0.2, -0.15) is 13.2 Å². The van der Waals surface area contributed by atoms with Gasteiger partial charge in [0, 0.05) is 26.7 Å². The Morgan fingerprint density at radius 1 is 1.17 bits per heavy atom. The van der Waals surface area contributed by atoms with Gasteiger partial charge in [-0.15, -0.1) is 0 Å². The summed E-state index contributed by atoms with van der Waals surface area (Å²) in [5, 5.41) is 6.27. The van der Waals surface area contributed by atoms with E-state index < -0.39 is 11.7 Å². The number of hydrogen-bond acceptors (Lipinski definition) is 2. The molecule has 2 N–H and O–H groups in total. The van der Waals surface area contributed by atoms with Crippen molar-refractivity contribution in [3.05, 3.63) is 35.4 Å². The van der Waals surface area contributed by atoms with E-state index in [9.17, 15) is 13.2 Å². The standard InChI is InChI=1S/C17H27F3N4/c1-16(2,12-24(4)5)11-23-15(21-3)22-10-13-7-6-8-14(9-13)17(18,19)20/h6-9H,10-12H2,1-5H3,(H2,21,22,23). The first-order valence-electron chi connectivity index (χ1n) is 7.79. The van der Waals surface area contributed by atoms with Gasteiger partial charge in [-0.05, 0) is 37.2 Å². The normalized spacial score (nSPS) is 13.3. The molecule has 0 atom stereocenters. The Bertz CT molecular complexity index is 551. The Morgan fingerprint density at radius 3 is 2.38 bits per heavy atom. The number of hydrogen-bond donors (Lipinski definition) is 2. The molecule has 1 aromatic rings. The lowest BCUT2D eigenvalue weighted by atomic mass is 9.93. The maximum atomic E-state index is 12.7. The summed E-state index contributed by atoms with van der Waals surface area (Å²) in [5.74, 6) is 0.569. The molecule has 1 rings (SSSR count). The molecule has 0 saturated heterocycles. The fraction of sp³-hybridized carbons (Fsp3) is 0.588. The molecule has 0 heterocycles. The number of alkyl halides is 3. The van der Waals surface area contributed by atoms with Gasteiger partial charge >= 0.3 is 6.18 Å². The fourth-order valence-corrected chi connectivity index (χ4v) is 2.50. The molecule has 1 aromatic carbocycles. The Morgan fingerprint density at radius 2 is 1.83 bits per heavy atom. The minimum Gasteiger partial charge on any atom is -0.356 e. The van der Waals surface area contributed by atoms with Crippen LogP contribution in [0.5, 0.6) is 0 Å². The third-order valence-corrected chi connectivity index (χ3v) is 3.42. The average Bonchev–Trinajstić information content (AvgIpc) is 2.45. The molecular formula is C17H27F3N4. The van der Waals surface area contributed by atoms with Gasteiger partial charge < -0.3 is 15.5 Å². The predicted octanol–water partition coefficient (Wildman–Crippen LogP) is 2.96. The van der Waals surface area contributed by atoms with Gasteiger partial charge in [0.05, 0.1) is 5.56 Å². The molecule has 0 bridgehead atoms. The lowest BCUT2D eigenvalue weighted by Gasteiger charge is -2.29. The summed E-state index contributed by atoms with van der Waals surface area (Å²) in [7, 11) is 5.67. The summed E-state index contributed by atoms with van der Waals surface area (Å²) in [5.41, 5.74) is -0.0469. The number of aliphatic imine (C=N–C) groups is 1. The molecule has 0 aliphatic heterocycles. The molecule has 0 aliphatic carbocycles. The number of nitrogens with one attached hydrogen (secondary N) is 2. The molecule has 0 aromatic heterocycles. The summed E-state index contributed by atoms with van der Waals surface area (Å²) >= 11 is 0. The smallest absolute Gasteiger partial charge is 0.356 e. The molecule has 0 unspecified atom stereocenters. The van der Waals surface area contributed by atoms with Crippen LogP contribution in [0.1, 0.15) is 25.0 Å². The van der Waals surface area contributed by atoms with Crippen molar-refractivity contribution >= 4 is 5.96 Å². The van der Waals surface area contributed by atoms with Gasteiger partial charge in [-0.1, -0.05) is 26.0 Å². The van der Waals surface area contributed by atoms with Crippen molar-refractivity contribution < 1.29 is 13.2 Å². The zero-order valence-corrected chi connectivity index (χ0v) is 15.0. The Labute approximate surface area is 142 Å². The molecule has 7 heteroatoms. The Kier molecular flexibility index (Phi) is 7.08. The van der Waals surface area contributed by atoms with Crippen LogP contribution in [-0.4, -0.2) is 45.1 Å². The maximum Gasteiger partial charge on any atom is 0.416 e. The van der Waals surface area contributed by atoms with E-state index in [1.807, 2.05) is 14.1 Å². The molecule has 0 amide bonds. The number of benzene rings is 1. The van der Waals surface area contributed by atoms with Crippen molar-refractivity contribution in [2.24, 2.45) is 10.4 Å². The third kappa shape index (κ3) is 7.21. The fourth-order valence-electron chi connectivity index (χ4n) is 2.50. The predicted molar refractivity (Wildman–Crippen MR) is 92.0 cm³/mol. The van der Waals surface area contributed by atoms with Crippen molar-refractivity contribution in [3.8, 4) is 0 Å². The van der Waals surface area contributed by atoms with Crippen LogP contribution in [-0.2, 0) is 12.7 Å². The van der Waals surface area contributed by atoms with E-state index in [0.29, 0.717) is 18.1 Å². The molecular weight excluding hydrogens is 317 g/mol. The van der Waals surface area contributed by atoms with E-state index in [-0.39, 0.29) is 12.0 Å². The maximum absolute atomic E-state index is 12.7. The molecule has 24 heavy (non-hydrogen) atoms. The van der Waals surface area contributed by atoms with Gasteiger partial charge in [-0.3, -0.25) is 4.99 Å². The van der Waals surface area contributed by atoms with Crippen molar-refractivity contribution in [1.82, 2.24) is 15.5 Å². The first-order valence-corrected chi connectivity index (χ1v) is 7.79. The van der Waals surface area contributed by atoms with Gasteiger partial charge in [0.25, 0.3) is 0 Å². The van der Waals surface area contributed by atoms with Gasteiger partial charge in [0.2, 0.25) is 0 Å². The van der Waals surface area contributed by atoms with Crippen molar-refractivity contribution in [2.75, 3.05) is 34.2 Å². The zero-order chi connectivity index (χ0) is 18.4. The largest absolute Gasteiger partial charge is 0.416 e. The highest BCUT2D eigenvalue weighted by Crippen LogP contribution is 2.29. The second kappa shape index (κ2) is 8.37. The van der Waals surface area contributed by atoms with Crippen LogP contribution < -0.4 is 10.6 Å². The monoisotopic (exact) mass is 344 g/mol. The Hall–Kier alpha value is -1.76. The molecule has 4 nitrogen and oxygen atoms in total. The topological polar surface area (TPSA) is 39.7 Å². The van der Waals surface area contributed by atoms with Crippen LogP contribution in [0.2, 0.25) is 0 Å². The lowest BCUT2D eigenvalue weighted by Crippen LogP contribution is -2.44. The zero-order valence-electron chi connectivity index (χ0n) is 15.0. The van der Waals surface area contributed by atoms with Crippen LogP contribution in [0.4, 0.5) is 13.2 Å². The first kappa shape index (κ1) is 20.3. The molecule has 0 saturated carbocycles. The van der Waals surface area contributed by atoms with Crippen LogP contribution in [0.25, 0.3) is 0 Å². The van der Waals surface area contributed by atoms with Crippen molar-refractivity contribution in [2.45, 2.75) is 26.6 Å². The number of nitrogens with zero attached hydrogens (tertiary/aromatic N) is 2. The van der Waals surface area contributed by atoms with E-state index in [0.717, 1.165) is 18.7 Å². The van der Waals surface area contributed by atoms with Crippen LogP contribution in [0, 0.1) is 5.41 Å². The van der Waals surface area contributed by atoms with Gasteiger partial charge in [0.15, 0.2) is 5.96 Å². The van der Waals surface area contributed by atoms with Crippen LogP contribution in [0.3, 0.4) is 0 Å². The second-order valence-electron chi connectivity index (χ2n) is 6.88. The molecule has 0 spiro atoms. The highest BCUT2D eigenvalue weighted by Gasteiger charge is 2.30. The molecule has 136 valence electrons. The number of halogens is 3. The van der Waals surface area contributed by atoms with Crippen molar-refractivity contribution in [1.29, 1.82) is 0 Å².